The summed E-state index contributed by atoms with van der Waals surface area (Å²) in [7, 11) is 0. The quantitative estimate of drug-likeness (QED) is 0.638. The first kappa shape index (κ1) is 18.2. The number of ether oxygens (including phenoxy) is 1. The van der Waals surface area contributed by atoms with Crippen LogP contribution in [-0.2, 0) is 17.9 Å². The van der Waals surface area contributed by atoms with E-state index in [4.69, 9.17) is 10.00 Å². The number of amides is 1. The van der Waals surface area contributed by atoms with E-state index in [0.29, 0.717) is 24.4 Å². The fourth-order valence-corrected chi connectivity index (χ4v) is 2.73. The highest BCUT2D eigenvalue weighted by Crippen LogP contribution is 2.14. The Bertz CT molecular complexity index is 876. The number of rotatable bonds is 7. The van der Waals surface area contributed by atoms with Gasteiger partial charge in [0.15, 0.2) is 6.61 Å². The third-order valence-corrected chi connectivity index (χ3v) is 4.11. The molecule has 0 unspecified atom stereocenters. The van der Waals surface area contributed by atoms with Gasteiger partial charge in [-0.25, -0.2) is 0 Å². The van der Waals surface area contributed by atoms with Gasteiger partial charge >= 0.3 is 0 Å². The van der Waals surface area contributed by atoms with Gasteiger partial charge in [0.25, 0.3) is 5.91 Å². The van der Waals surface area contributed by atoms with Gasteiger partial charge in [-0.1, -0.05) is 66.7 Å². The molecule has 0 aromatic heterocycles. The van der Waals surface area contributed by atoms with Gasteiger partial charge in [0, 0.05) is 13.1 Å². The zero-order valence-corrected chi connectivity index (χ0v) is 14.9. The maximum Gasteiger partial charge on any atom is 0.261 e. The standard InChI is InChI=1S/C23H20N2O2/c24-15-21-12-7-13-22(14-21)27-18-23(26)25(16-19-8-3-1-4-9-19)17-20-10-5-2-6-11-20/h1-14H,16-18H2. The molecule has 0 spiro atoms. The molecule has 0 radical (unpaired) electrons. The minimum Gasteiger partial charge on any atom is -0.484 e. The zero-order chi connectivity index (χ0) is 18.9. The highest BCUT2D eigenvalue weighted by molar-refractivity contribution is 5.77. The molecule has 134 valence electrons. The molecule has 3 rings (SSSR count). The molecule has 0 aliphatic heterocycles. The summed E-state index contributed by atoms with van der Waals surface area (Å²) in [4.78, 5) is 14.6. The lowest BCUT2D eigenvalue weighted by Gasteiger charge is -2.23. The Morgan fingerprint density at radius 1 is 0.852 bits per heavy atom. The fourth-order valence-electron chi connectivity index (χ4n) is 2.73. The number of benzene rings is 3. The molecule has 4 heteroatoms. The Labute approximate surface area is 159 Å². The van der Waals surface area contributed by atoms with E-state index in [-0.39, 0.29) is 12.5 Å². The van der Waals surface area contributed by atoms with E-state index < -0.39 is 0 Å². The zero-order valence-electron chi connectivity index (χ0n) is 14.9. The third-order valence-electron chi connectivity index (χ3n) is 4.11. The van der Waals surface area contributed by atoms with E-state index in [2.05, 4.69) is 6.07 Å². The Morgan fingerprint density at radius 3 is 2.00 bits per heavy atom. The summed E-state index contributed by atoms with van der Waals surface area (Å²) in [5, 5.41) is 8.98. The molecule has 3 aromatic rings. The first-order valence-electron chi connectivity index (χ1n) is 8.73. The Kier molecular flexibility index (Phi) is 6.21. The number of hydrogen-bond acceptors (Lipinski definition) is 3. The molecule has 0 saturated carbocycles. The predicted molar refractivity (Wildman–Crippen MR) is 104 cm³/mol. The first-order valence-corrected chi connectivity index (χ1v) is 8.73. The SMILES string of the molecule is N#Cc1cccc(OCC(=O)N(Cc2ccccc2)Cc2ccccc2)c1. The minimum atomic E-state index is -0.106. The van der Waals surface area contributed by atoms with Crippen molar-refractivity contribution in [1.82, 2.24) is 4.90 Å². The Balaban J connectivity index is 1.70. The van der Waals surface area contributed by atoms with Crippen LogP contribution in [0.3, 0.4) is 0 Å². The Hall–Kier alpha value is -3.58. The number of carbonyl (C=O) groups is 1. The molecule has 4 nitrogen and oxygen atoms in total. The van der Waals surface area contributed by atoms with Gasteiger partial charge in [0.1, 0.15) is 5.75 Å². The van der Waals surface area contributed by atoms with Gasteiger partial charge in [-0.3, -0.25) is 4.79 Å². The van der Waals surface area contributed by atoms with Crippen LogP contribution in [0, 0.1) is 11.3 Å². The van der Waals surface area contributed by atoms with Gasteiger partial charge < -0.3 is 9.64 Å². The van der Waals surface area contributed by atoms with E-state index in [1.165, 1.54) is 0 Å². The second-order valence-corrected chi connectivity index (χ2v) is 6.15. The van der Waals surface area contributed by atoms with Crippen LogP contribution >= 0.6 is 0 Å². The average Bonchev–Trinajstić information content (AvgIpc) is 2.73. The highest BCUT2D eigenvalue weighted by atomic mass is 16.5. The molecule has 0 N–H and O–H groups in total. The number of nitriles is 1. The summed E-state index contributed by atoms with van der Waals surface area (Å²) in [6, 6.07) is 28.7. The topological polar surface area (TPSA) is 53.3 Å². The summed E-state index contributed by atoms with van der Waals surface area (Å²) >= 11 is 0. The molecule has 1 amide bonds. The monoisotopic (exact) mass is 356 g/mol. The summed E-state index contributed by atoms with van der Waals surface area (Å²) in [6.07, 6.45) is 0. The molecule has 0 aliphatic rings. The first-order chi connectivity index (χ1) is 13.2. The van der Waals surface area contributed by atoms with Gasteiger partial charge in [0.05, 0.1) is 11.6 Å². The van der Waals surface area contributed by atoms with E-state index in [1.807, 2.05) is 60.7 Å². The maximum absolute atomic E-state index is 12.8. The van der Waals surface area contributed by atoms with Crippen molar-refractivity contribution >= 4 is 5.91 Å². The summed E-state index contributed by atoms with van der Waals surface area (Å²) < 4.78 is 5.62. The molecule has 0 aliphatic carbocycles. The van der Waals surface area contributed by atoms with E-state index in [1.54, 1.807) is 29.2 Å². The summed E-state index contributed by atoms with van der Waals surface area (Å²) in [6.45, 7) is 0.945. The van der Waals surface area contributed by atoms with E-state index in [0.717, 1.165) is 11.1 Å². The van der Waals surface area contributed by atoms with Crippen molar-refractivity contribution in [2.45, 2.75) is 13.1 Å². The van der Waals surface area contributed by atoms with Crippen molar-refractivity contribution in [2.75, 3.05) is 6.61 Å². The molecular weight excluding hydrogens is 336 g/mol. The number of hydrogen-bond donors (Lipinski definition) is 0. The number of carbonyl (C=O) groups excluding carboxylic acids is 1. The molecule has 3 aromatic carbocycles. The Morgan fingerprint density at radius 2 is 1.44 bits per heavy atom. The number of nitrogens with zero attached hydrogens (tertiary/aromatic N) is 2. The van der Waals surface area contributed by atoms with Crippen molar-refractivity contribution in [2.24, 2.45) is 0 Å². The van der Waals surface area contributed by atoms with Crippen LogP contribution in [0.15, 0.2) is 84.9 Å². The maximum atomic E-state index is 12.8. The van der Waals surface area contributed by atoms with Crippen LogP contribution in [0.25, 0.3) is 0 Å². The predicted octanol–water partition coefficient (Wildman–Crippen LogP) is 4.17. The largest absolute Gasteiger partial charge is 0.484 e. The van der Waals surface area contributed by atoms with Crippen LogP contribution in [0.1, 0.15) is 16.7 Å². The summed E-state index contributed by atoms with van der Waals surface area (Å²) in [5.74, 6) is 0.409. The minimum absolute atomic E-state index is 0.0749. The molecule has 27 heavy (non-hydrogen) atoms. The van der Waals surface area contributed by atoms with Crippen molar-refractivity contribution in [1.29, 1.82) is 5.26 Å². The van der Waals surface area contributed by atoms with E-state index in [9.17, 15) is 4.79 Å². The molecule has 0 bridgehead atoms. The average molecular weight is 356 g/mol. The summed E-state index contributed by atoms with van der Waals surface area (Å²) in [5.41, 5.74) is 2.63. The van der Waals surface area contributed by atoms with Crippen molar-refractivity contribution in [3.05, 3.63) is 102 Å². The molecular formula is C23H20N2O2. The van der Waals surface area contributed by atoms with Crippen molar-refractivity contribution in [3.63, 3.8) is 0 Å². The van der Waals surface area contributed by atoms with Crippen LogP contribution < -0.4 is 4.74 Å². The van der Waals surface area contributed by atoms with E-state index >= 15 is 0 Å². The lowest BCUT2D eigenvalue weighted by molar-refractivity contribution is -0.134. The van der Waals surface area contributed by atoms with Crippen molar-refractivity contribution in [3.8, 4) is 11.8 Å². The second kappa shape index (κ2) is 9.21. The lowest BCUT2D eigenvalue weighted by Crippen LogP contribution is -2.34. The fraction of sp³-hybridized carbons (Fsp3) is 0.130. The normalized spacial score (nSPS) is 10.0. The van der Waals surface area contributed by atoms with Crippen LogP contribution in [0.2, 0.25) is 0 Å². The van der Waals surface area contributed by atoms with Gasteiger partial charge in [0.2, 0.25) is 0 Å². The van der Waals surface area contributed by atoms with Gasteiger partial charge in [-0.05, 0) is 29.3 Å². The smallest absolute Gasteiger partial charge is 0.261 e. The highest BCUT2D eigenvalue weighted by Gasteiger charge is 2.15. The van der Waals surface area contributed by atoms with Gasteiger partial charge in [-0.2, -0.15) is 5.26 Å². The van der Waals surface area contributed by atoms with Crippen LogP contribution in [-0.4, -0.2) is 17.4 Å². The van der Waals surface area contributed by atoms with Gasteiger partial charge in [-0.15, -0.1) is 0 Å². The molecule has 0 heterocycles. The molecule has 0 fully saturated rings. The second-order valence-electron chi connectivity index (χ2n) is 6.15. The molecule has 0 saturated heterocycles. The van der Waals surface area contributed by atoms with Crippen LogP contribution in [0.4, 0.5) is 0 Å². The van der Waals surface area contributed by atoms with Crippen molar-refractivity contribution < 1.29 is 9.53 Å². The molecule has 0 atom stereocenters. The van der Waals surface area contributed by atoms with Crippen LogP contribution in [0.5, 0.6) is 5.75 Å². The third kappa shape index (κ3) is 5.45. The lowest BCUT2D eigenvalue weighted by atomic mass is 10.1.